The van der Waals surface area contributed by atoms with Crippen LogP contribution in [0.15, 0.2) is 126 Å². The summed E-state index contributed by atoms with van der Waals surface area (Å²) in [7, 11) is 0. The summed E-state index contributed by atoms with van der Waals surface area (Å²) in [6.45, 7) is 9.29. The van der Waals surface area contributed by atoms with E-state index in [-0.39, 0.29) is 11.8 Å². The van der Waals surface area contributed by atoms with E-state index in [0.717, 1.165) is 8.95 Å². The molecule has 0 aromatic heterocycles. The molecule has 0 bridgehead atoms. The van der Waals surface area contributed by atoms with Crippen molar-refractivity contribution in [2.24, 2.45) is 0 Å². The van der Waals surface area contributed by atoms with Gasteiger partial charge in [-0.1, -0.05) is 234 Å². The average Bonchev–Trinajstić information content (AvgIpc) is 3.29. The number of unbranched alkanes of at least 4 members (excludes halogenated alkanes) is 12. The minimum atomic E-state index is 0.182. The predicted molar refractivity (Wildman–Crippen MR) is 278 cm³/mol. The second kappa shape index (κ2) is 24.3. The standard InChI is InChI=1S/C58H72Br2S2/c1-5-9-13-17-21-41(22-18-14-10-6-2)43-25-29-45(30-26-43)57-49-37-47(59)33-35-53(49)61-55-40-52-56(39-51(55)57)62-54-36-34-48(60)38-50(54)58(52)46-31-27-44(28-32-46)42(23-19-15-11-7-3)24-20-16-12-8-4/h25-42,57-58H,5-24H2,1-4H3. The van der Waals surface area contributed by atoms with Crippen LogP contribution in [0.2, 0.25) is 0 Å². The SMILES string of the molecule is CCCCCCC(CCCCCC)c1ccc(C2c3cc(Br)ccc3Sc3cc4c(cc32)Sc2ccc(Br)cc2C4c2ccc(C(CCCCCC)CCCCCC)cc2)cc1. The molecular formula is C58H72Br2S2. The van der Waals surface area contributed by atoms with Gasteiger partial charge in [-0.2, -0.15) is 0 Å². The first-order chi connectivity index (χ1) is 30.4. The molecule has 7 rings (SSSR count). The predicted octanol–water partition coefficient (Wildman–Crippen LogP) is 20.6. The zero-order valence-electron chi connectivity index (χ0n) is 38.3. The van der Waals surface area contributed by atoms with Crippen molar-refractivity contribution in [2.75, 3.05) is 0 Å². The Morgan fingerprint density at radius 3 is 1.02 bits per heavy atom. The van der Waals surface area contributed by atoms with Crippen LogP contribution in [-0.2, 0) is 0 Å². The molecule has 4 heteroatoms. The maximum absolute atomic E-state index is 3.88. The Labute approximate surface area is 402 Å². The Balaban J connectivity index is 1.23. The van der Waals surface area contributed by atoms with Crippen molar-refractivity contribution in [2.45, 2.75) is 199 Å². The monoisotopic (exact) mass is 990 g/mol. The first-order valence-electron chi connectivity index (χ1n) is 24.7. The van der Waals surface area contributed by atoms with Crippen LogP contribution < -0.4 is 0 Å². The van der Waals surface area contributed by atoms with Crippen molar-refractivity contribution in [3.05, 3.63) is 151 Å². The van der Waals surface area contributed by atoms with Crippen LogP contribution in [-0.4, -0.2) is 0 Å². The van der Waals surface area contributed by atoms with Gasteiger partial charge in [0, 0.05) is 40.4 Å². The van der Waals surface area contributed by atoms with Gasteiger partial charge >= 0.3 is 0 Å². The summed E-state index contributed by atoms with van der Waals surface area (Å²) in [5.41, 5.74) is 11.6. The second-order valence-corrected chi connectivity index (χ2v) is 22.5. The highest BCUT2D eigenvalue weighted by Gasteiger charge is 2.34. The smallest absolute Gasteiger partial charge is 0.0363 e. The fourth-order valence-electron chi connectivity index (χ4n) is 10.3. The van der Waals surface area contributed by atoms with Crippen molar-refractivity contribution >= 4 is 55.4 Å². The van der Waals surface area contributed by atoms with Gasteiger partial charge in [0.05, 0.1) is 0 Å². The summed E-state index contributed by atoms with van der Waals surface area (Å²) in [6.07, 6.45) is 26.7. The van der Waals surface area contributed by atoms with Gasteiger partial charge in [-0.25, -0.2) is 0 Å². The molecule has 2 aliphatic rings. The van der Waals surface area contributed by atoms with Gasteiger partial charge in [0.15, 0.2) is 0 Å². The molecule has 330 valence electrons. The molecule has 0 saturated heterocycles. The fourth-order valence-corrected chi connectivity index (χ4v) is 13.4. The lowest BCUT2D eigenvalue weighted by atomic mass is 9.80. The van der Waals surface area contributed by atoms with E-state index in [0.29, 0.717) is 11.8 Å². The van der Waals surface area contributed by atoms with E-state index in [4.69, 9.17) is 0 Å². The molecule has 5 aromatic carbocycles. The fraction of sp³-hybridized carbons (Fsp3) is 0.483. The molecule has 62 heavy (non-hydrogen) atoms. The Morgan fingerprint density at radius 1 is 0.371 bits per heavy atom. The number of halogens is 2. The Hall–Kier alpha value is -2.24. The largest absolute Gasteiger partial charge is 0.0894 e. The summed E-state index contributed by atoms with van der Waals surface area (Å²) >= 11 is 11.7. The van der Waals surface area contributed by atoms with Crippen molar-refractivity contribution in [3.8, 4) is 0 Å². The van der Waals surface area contributed by atoms with E-state index in [9.17, 15) is 0 Å². The molecule has 5 aromatic rings. The molecule has 0 aliphatic carbocycles. The number of benzene rings is 5. The summed E-state index contributed by atoms with van der Waals surface area (Å²) in [5.74, 6) is 1.68. The van der Waals surface area contributed by atoms with E-state index >= 15 is 0 Å². The van der Waals surface area contributed by atoms with Crippen LogP contribution in [0.1, 0.15) is 224 Å². The second-order valence-electron chi connectivity index (χ2n) is 18.5. The number of rotatable bonds is 24. The number of hydrogen-bond donors (Lipinski definition) is 0. The minimum Gasteiger partial charge on any atom is -0.0894 e. The normalized spacial score (nSPS) is 15.4. The molecule has 0 N–H and O–H groups in total. The molecule has 0 saturated carbocycles. The molecule has 0 spiro atoms. The molecule has 0 fully saturated rings. The molecule has 2 aliphatic heterocycles. The Morgan fingerprint density at radius 2 is 0.694 bits per heavy atom. The molecule has 2 heterocycles. The minimum absolute atomic E-state index is 0.182. The molecule has 2 atom stereocenters. The van der Waals surface area contributed by atoms with Crippen LogP contribution >= 0.6 is 55.4 Å². The highest BCUT2D eigenvalue weighted by atomic mass is 79.9. The number of hydrogen-bond acceptors (Lipinski definition) is 2. The van der Waals surface area contributed by atoms with Crippen LogP contribution in [0.3, 0.4) is 0 Å². The van der Waals surface area contributed by atoms with Gasteiger partial charge in [0.1, 0.15) is 0 Å². The molecular weight excluding hydrogens is 921 g/mol. The first-order valence-corrected chi connectivity index (χ1v) is 28.0. The quantitative estimate of drug-likeness (QED) is 0.0554. The van der Waals surface area contributed by atoms with Gasteiger partial charge in [-0.15, -0.1) is 0 Å². The van der Waals surface area contributed by atoms with E-state index in [1.807, 2.05) is 23.5 Å². The topological polar surface area (TPSA) is 0 Å². The van der Waals surface area contributed by atoms with Crippen molar-refractivity contribution in [1.82, 2.24) is 0 Å². The first kappa shape index (κ1) is 47.7. The molecule has 0 amide bonds. The van der Waals surface area contributed by atoms with E-state index in [1.54, 1.807) is 11.1 Å². The lowest BCUT2D eigenvalue weighted by Crippen LogP contribution is -2.15. The third-order valence-corrected chi connectivity index (χ3v) is 17.2. The van der Waals surface area contributed by atoms with E-state index < -0.39 is 0 Å². The zero-order valence-corrected chi connectivity index (χ0v) is 43.1. The summed E-state index contributed by atoms with van der Waals surface area (Å²) in [4.78, 5) is 5.54. The average molecular weight is 993 g/mol. The maximum atomic E-state index is 3.88. The van der Waals surface area contributed by atoms with Gasteiger partial charge in [0.25, 0.3) is 0 Å². The lowest BCUT2D eigenvalue weighted by Gasteiger charge is -2.34. The van der Waals surface area contributed by atoms with Gasteiger partial charge in [0.2, 0.25) is 0 Å². The van der Waals surface area contributed by atoms with Gasteiger partial charge in [-0.05, 0) is 131 Å². The van der Waals surface area contributed by atoms with Crippen LogP contribution in [0.25, 0.3) is 0 Å². The highest BCUT2D eigenvalue weighted by Crippen LogP contribution is 2.56. The van der Waals surface area contributed by atoms with Crippen molar-refractivity contribution in [3.63, 3.8) is 0 Å². The zero-order chi connectivity index (χ0) is 43.3. The molecule has 0 nitrogen and oxygen atoms in total. The van der Waals surface area contributed by atoms with Crippen LogP contribution in [0.5, 0.6) is 0 Å². The third-order valence-electron chi connectivity index (χ3n) is 13.9. The van der Waals surface area contributed by atoms with Gasteiger partial charge < -0.3 is 0 Å². The van der Waals surface area contributed by atoms with Crippen LogP contribution in [0, 0.1) is 0 Å². The number of fused-ring (bicyclic) bond motifs is 4. The van der Waals surface area contributed by atoms with Gasteiger partial charge in [-0.3, -0.25) is 0 Å². The highest BCUT2D eigenvalue weighted by molar-refractivity contribution is 9.10. The van der Waals surface area contributed by atoms with Crippen molar-refractivity contribution in [1.29, 1.82) is 0 Å². The van der Waals surface area contributed by atoms with Crippen LogP contribution in [0.4, 0.5) is 0 Å². The lowest BCUT2D eigenvalue weighted by molar-refractivity contribution is 0.496. The van der Waals surface area contributed by atoms with E-state index in [1.165, 1.54) is 181 Å². The molecule has 0 radical (unpaired) electrons. The summed E-state index contributed by atoms with van der Waals surface area (Å²) < 4.78 is 2.31. The summed E-state index contributed by atoms with van der Waals surface area (Å²) in [5, 5.41) is 0. The molecule has 2 unspecified atom stereocenters. The summed E-state index contributed by atoms with van der Waals surface area (Å²) in [6, 6.07) is 39.0. The Bertz CT molecular complexity index is 1980. The third kappa shape index (κ3) is 12.1. The Kier molecular flexibility index (Phi) is 18.7. The van der Waals surface area contributed by atoms with E-state index in [2.05, 4.69) is 157 Å². The van der Waals surface area contributed by atoms with Crippen molar-refractivity contribution < 1.29 is 0 Å². The maximum Gasteiger partial charge on any atom is 0.0363 e.